The van der Waals surface area contributed by atoms with E-state index >= 15 is 0 Å². The number of methoxy groups -OCH3 is 1. The Balaban J connectivity index is 2.41. The highest BCUT2D eigenvalue weighted by molar-refractivity contribution is 9.10. The molecule has 1 heterocycles. The molecule has 1 aromatic heterocycles. The maximum Gasteiger partial charge on any atom is 0.320 e. The lowest BCUT2D eigenvalue weighted by Crippen LogP contribution is -2.31. The molecule has 4 nitrogen and oxygen atoms in total. The van der Waals surface area contributed by atoms with Gasteiger partial charge in [0.2, 0.25) is 0 Å². The highest BCUT2D eigenvalue weighted by atomic mass is 79.9. The van der Waals surface area contributed by atoms with Crippen molar-refractivity contribution >= 4 is 33.2 Å². The van der Waals surface area contributed by atoms with Crippen molar-refractivity contribution in [2.45, 2.75) is 24.7 Å². The number of carbonyl (C=O) groups is 1. The molecule has 0 aliphatic heterocycles. The van der Waals surface area contributed by atoms with E-state index in [1.165, 1.54) is 7.11 Å². The fourth-order valence-electron chi connectivity index (χ4n) is 1.15. The van der Waals surface area contributed by atoms with Crippen molar-refractivity contribution in [1.29, 1.82) is 0 Å². The second-order valence-corrected chi connectivity index (χ2v) is 5.44. The Morgan fingerprint density at radius 2 is 2.44 bits per heavy atom. The van der Waals surface area contributed by atoms with Crippen LogP contribution in [0.3, 0.4) is 0 Å². The van der Waals surface area contributed by atoms with Crippen LogP contribution in [0.4, 0.5) is 0 Å². The smallest absolute Gasteiger partial charge is 0.320 e. The predicted octanol–water partition coefficient (Wildman–Crippen LogP) is 2.04. The van der Waals surface area contributed by atoms with E-state index in [-0.39, 0.29) is 16.8 Å². The third-order valence-electron chi connectivity index (χ3n) is 2.07. The average Bonchev–Trinajstić information content (AvgIpc) is 2.71. The molecule has 0 saturated heterocycles. The Hall–Kier alpha value is -0.460. The summed E-state index contributed by atoms with van der Waals surface area (Å²) in [7, 11) is 1.38. The number of esters is 1. The van der Waals surface area contributed by atoms with E-state index in [9.17, 15) is 4.79 Å². The number of alkyl halides is 1. The van der Waals surface area contributed by atoms with Crippen molar-refractivity contribution < 1.29 is 9.53 Å². The topological polar surface area (TPSA) is 51.2 Å². The third kappa shape index (κ3) is 3.84. The summed E-state index contributed by atoms with van der Waals surface area (Å²) < 4.78 is 4.62. The number of aromatic nitrogens is 1. The number of hydrogen-bond donors (Lipinski definition) is 1. The first-order chi connectivity index (χ1) is 7.54. The third-order valence-corrected chi connectivity index (χ3v) is 3.91. The SMILES string of the molecule is COC(=O)C(Br)CNC(C)c1nc(C)cs1. The number of nitrogens with one attached hydrogen (secondary N) is 1. The molecule has 1 aromatic rings. The zero-order valence-electron chi connectivity index (χ0n) is 9.49. The van der Waals surface area contributed by atoms with E-state index in [0.29, 0.717) is 6.54 Å². The number of ether oxygens (including phenoxy) is 1. The summed E-state index contributed by atoms with van der Waals surface area (Å²) in [5.74, 6) is -0.269. The molecule has 1 N–H and O–H groups in total. The molecule has 0 spiro atoms. The standard InChI is InChI=1S/C10H15BrN2O2S/c1-6-5-16-9(13-6)7(2)12-4-8(11)10(14)15-3/h5,7-8,12H,4H2,1-3H3. The Morgan fingerprint density at radius 3 is 2.94 bits per heavy atom. The lowest BCUT2D eigenvalue weighted by molar-refractivity contribution is -0.139. The zero-order valence-corrected chi connectivity index (χ0v) is 11.9. The molecule has 0 aliphatic carbocycles. The van der Waals surface area contributed by atoms with Gasteiger partial charge in [-0.05, 0) is 13.8 Å². The second kappa shape index (κ2) is 6.32. The van der Waals surface area contributed by atoms with E-state index in [4.69, 9.17) is 0 Å². The first-order valence-corrected chi connectivity index (χ1v) is 6.71. The Labute approximate surface area is 108 Å². The minimum absolute atomic E-state index is 0.142. The number of rotatable bonds is 5. The number of hydrogen-bond acceptors (Lipinski definition) is 5. The van der Waals surface area contributed by atoms with Crippen molar-refractivity contribution in [1.82, 2.24) is 10.3 Å². The fourth-order valence-corrected chi connectivity index (χ4v) is 2.35. The molecule has 0 aliphatic rings. The molecular formula is C10H15BrN2O2S. The Morgan fingerprint density at radius 1 is 1.75 bits per heavy atom. The number of halogens is 1. The molecule has 90 valence electrons. The number of carbonyl (C=O) groups excluding carboxylic acids is 1. The summed E-state index contributed by atoms with van der Waals surface area (Å²) in [4.78, 5) is 15.2. The van der Waals surface area contributed by atoms with Crippen LogP contribution in [0.1, 0.15) is 23.7 Å². The largest absolute Gasteiger partial charge is 0.468 e. The molecule has 0 amide bonds. The maximum absolute atomic E-state index is 11.1. The summed E-state index contributed by atoms with van der Waals surface area (Å²) >= 11 is 4.87. The summed E-state index contributed by atoms with van der Waals surface area (Å²) in [6.45, 7) is 4.51. The van der Waals surface area contributed by atoms with Gasteiger partial charge < -0.3 is 10.1 Å². The Bertz CT molecular complexity index is 356. The van der Waals surface area contributed by atoms with Crippen LogP contribution < -0.4 is 5.32 Å². The first-order valence-electron chi connectivity index (χ1n) is 4.92. The molecule has 1 rings (SSSR count). The monoisotopic (exact) mass is 306 g/mol. The Kier molecular flexibility index (Phi) is 5.37. The summed E-state index contributed by atoms with van der Waals surface area (Å²) in [6, 6.07) is 0.142. The summed E-state index contributed by atoms with van der Waals surface area (Å²) in [5.41, 5.74) is 1.03. The molecular weight excluding hydrogens is 292 g/mol. The fraction of sp³-hybridized carbons (Fsp3) is 0.600. The van der Waals surface area contributed by atoms with Gasteiger partial charge in [-0.3, -0.25) is 4.79 Å². The molecule has 2 atom stereocenters. The van der Waals surface area contributed by atoms with Gasteiger partial charge in [0.1, 0.15) is 9.83 Å². The van der Waals surface area contributed by atoms with E-state index in [1.807, 2.05) is 19.2 Å². The molecule has 16 heavy (non-hydrogen) atoms. The second-order valence-electron chi connectivity index (χ2n) is 3.45. The summed E-state index contributed by atoms with van der Waals surface area (Å²) in [5, 5.41) is 6.27. The molecule has 0 bridgehead atoms. The van der Waals surface area contributed by atoms with Crippen LogP contribution in [-0.4, -0.2) is 29.4 Å². The number of thiazole rings is 1. The van der Waals surface area contributed by atoms with Crippen molar-refractivity contribution in [2.24, 2.45) is 0 Å². The van der Waals surface area contributed by atoms with Gasteiger partial charge in [-0.1, -0.05) is 15.9 Å². The van der Waals surface area contributed by atoms with E-state index < -0.39 is 0 Å². The van der Waals surface area contributed by atoms with Crippen molar-refractivity contribution in [3.8, 4) is 0 Å². The minimum Gasteiger partial charge on any atom is -0.468 e. The average molecular weight is 307 g/mol. The van der Waals surface area contributed by atoms with Crippen LogP contribution in [0.5, 0.6) is 0 Å². The van der Waals surface area contributed by atoms with E-state index in [0.717, 1.165) is 10.7 Å². The van der Waals surface area contributed by atoms with Gasteiger partial charge in [0, 0.05) is 17.6 Å². The van der Waals surface area contributed by atoms with E-state index in [2.05, 4.69) is 31.0 Å². The van der Waals surface area contributed by atoms with Gasteiger partial charge in [-0.2, -0.15) is 0 Å². The van der Waals surface area contributed by atoms with Crippen LogP contribution in [0, 0.1) is 6.92 Å². The molecule has 6 heteroatoms. The van der Waals surface area contributed by atoms with Crippen molar-refractivity contribution in [3.05, 3.63) is 16.1 Å². The van der Waals surface area contributed by atoms with Gasteiger partial charge in [-0.25, -0.2) is 4.98 Å². The normalized spacial score (nSPS) is 14.5. The van der Waals surface area contributed by atoms with Crippen molar-refractivity contribution in [2.75, 3.05) is 13.7 Å². The molecule has 0 fully saturated rings. The van der Waals surface area contributed by atoms with Gasteiger partial charge in [-0.15, -0.1) is 11.3 Å². The highest BCUT2D eigenvalue weighted by Crippen LogP contribution is 2.17. The molecule has 0 aromatic carbocycles. The quantitative estimate of drug-likeness (QED) is 0.668. The first kappa shape index (κ1) is 13.6. The minimum atomic E-state index is -0.319. The van der Waals surface area contributed by atoms with Gasteiger partial charge in [0.05, 0.1) is 13.2 Å². The number of aryl methyl sites for hydroxylation is 1. The number of nitrogens with zero attached hydrogens (tertiary/aromatic N) is 1. The van der Waals surface area contributed by atoms with Crippen LogP contribution in [0.25, 0.3) is 0 Å². The van der Waals surface area contributed by atoms with Crippen LogP contribution in [0.2, 0.25) is 0 Å². The maximum atomic E-state index is 11.1. The van der Waals surface area contributed by atoms with Gasteiger partial charge in [0.25, 0.3) is 0 Å². The van der Waals surface area contributed by atoms with Crippen LogP contribution >= 0.6 is 27.3 Å². The van der Waals surface area contributed by atoms with E-state index in [1.54, 1.807) is 11.3 Å². The lowest BCUT2D eigenvalue weighted by Gasteiger charge is -2.13. The predicted molar refractivity (Wildman–Crippen MR) is 68.0 cm³/mol. The molecule has 0 radical (unpaired) electrons. The lowest BCUT2D eigenvalue weighted by atomic mass is 10.3. The van der Waals surface area contributed by atoms with Gasteiger partial charge >= 0.3 is 5.97 Å². The van der Waals surface area contributed by atoms with Gasteiger partial charge in [0.15, 0.2) is 0 Å². The highest BCUT2D eigenvalue weighted by Gasteiger charge is 2.17. The summed E-state index contributed by atoms with van der Waals surface area (Å²) in [6.07, 6.45) is 0. The zero-order chi connectivity index (χ0) is 12.1. The molecule has 2 unspecified atom stereocenters. The van der Waals surface area contributed by atoms with Crippen LogP contribution in [-0.2, 0) is 9.53 Å². The van der Waals surface area contributed by atoms with Crippen molar-refractivity contribution in [3.63, 3.8) is 0 Å². The molecule has 0 saturated carbocycles. The van der Waals surface area contributed by atoms with Crippen LogP contribution in [0.15, 0.2) is 5.38 Å².